The minimum Gasteiger partial charge on any atom is -0.493 e. The molecular formula is C24H25N3O4S. The Balaban J connectivity index is 1.49. The molecule has 0 spiro atoms. The Bertz CT molecular complexity index is 1040. The third kappa shape index (κ3) is 6.88. The summed E-state index contributed by atoms with van der Waals surface area (Å²) in [6.45, 7) is 0.714. The van der Waals surface area contributed by atoms with Crippen molar-refractivity contribution < 1.29 is 18.9 Å². The lowest BCUT2D eigenvalue weighted by Crippen LogP contribution is -2.23. The summed E-state index contributed by atoms with van der Waals surface area (Å²) >= 11 is 5.23. The van der Waals surface area contributed by atoms with Crippen LogP contribution in [0.3, 0.4) is 0 Å². The maximum Gasteiger partial charge on any atom is 0.191 e. The number of methoxy groups -OCH3 is 2. The van der Waals surface area contributed by atoms with Gasteiger partial charge in [-0.1, -0.05) is 30.3 Å². The first-order valence-corrected chi connectivity index (χ1v) is 10.3. The molecule has 0 aliphatic rings. The summed E-state index contributed by atoms with van der Waals surface area (Å²) < 4.78 is 22.2. The van der Waals surface area contributed by atoms with E-state index in [1.165, 1.54) is 0 Å². The third-order valence-corrected chi connectivity index (χ3v) is 4.46. The highest BCUT2D eigenvalue weighted by atomic mass is 32.1. The van der Waals surface area contributed by atoms with Crippen LogP contribution < -0.4 is 29.7 Å². The molecule has 3 aromatic carbocycles. The van der Waals surface area contributed by atoms with Crippen LogP contribution in [0.1, 0.15) is 5.56 Å². The van der Waals surface area contributed by atoms with Crippen molar-refractivity contribution in [2.75, 3.05) is 32.8 Å². The van der Waals surface area contributed by atoms with Crippen LogP contribution in [0.5, 0.6) is 23.0 Å². The van der Waals surface area contributed by atoms with Crippen LogP contribution in [0.25, 0.3) is 0 Å². The molecule has 0 unspecified atom stereocenters. The Morgan fingerprint density at radius 2 is 1.44 bits per heavy atom. The van der Waals surface area contributed by atoms with Crippen molar-refractivity contribution in [3.63, 3.8) is 0 Å². The molecule has 0 heterocycles. The van der Waals surface area contributed by atoms with Gasteiger partial charge in [-0.25, -0.2) is 0 Å². The fourth-order valence-corrected chi connectivity index (χ4v) is 2.94. The first-order chi connectivity index (χ1) is 15.7. The Morgan fingerprint density at radius 3 is 2.12 bits per heavy atom. The van der Waals surface area contributed by atoms with E-state index < -0.39 is 0 Å². The number of thiocarbonyl (C=S) groups is 1. The Hall–Kier alpha value is -3.78. The summed E-state index contributed by atoms with van der Waals surface area (Å²) in [6, 6.07) is 22.6. The van der Waals surface area contributed by atoms with Gasteiger partial charge >= 0.3 is 0 Å². The molecule has 0 amide bonds. The molecule has 0 radical (unpaired) electrons. The third-order valence-electron chi connectivity index (χ3n) is 4.27. The van der Waals surface area contributed by atoms with E-state index in [0.29, 0.717) is 41.3 Å². The second-order valence-corrected chi connectivity index (χ2v) is 6.86. The Morgan fingerprint density at radius 1 is 0.812 bits per heavy atom. The van der Waals surface area contributed by atoms with Crippen LogP contribution in [0.15, 0.2) is 77.9 Å². The van der Waals surface area contributed by atoms with E-state index in [-0.39, 0.29) is 0 Å². The molecule has 3 rings (SSSR count). The molecule has 0 aromatic heterocycles. The maximum absolute atomic E-state index is 5.81. The van der Waals surface area contributed by atoms with E-state index in [4.69, 9.17) is 31.2 Å². The van der Waals surface area contributed by atoms with Gasteiger partial charge in [0.15, 0.2) is 28.1 Å². The number of anilines is 1. The predicted octanol–water partition coefficient (Wildman–Crippen LogP) is 4.48. The topological polar surface area (TPSA) is 73.3 Å². The van der Waals surface area contributed by atoms with Crippen molar-refractivity contribution in [3.05, 3.63) is 78.4 Å². The number of benzene rings is 3. The van der Waals surface area contributed by atoms with Crippen LogP contribution in [-0.4, -0.2) is 38.8 Å². The fourth-order valence-electron chi connectivity index (χ4n) is 2.77. The highest BCUT2D eigenvalue weighted by Crippen LogP contribution is 2.28. The first kappa shape index (κ1) is 22.9. The largest absolute Gasteiger partial charge is 0.493 e. The van der Waals surface area contributed by atoms with Crippen molar-refractivity contribution >= 4 is 29.2 Å². The summed E-state index contributed by atoms with van der Waals surface area (Å²) in [6.07, 6.45) is 1.65. The average Bonchev–Trinajstić information content (AvgIpc) is 2.83. The van der Waals surface area contributed by atoms with Gasteiger partial charge in [-0.05, 0) is 60.2 Å². The monoisotopic (exact) mass is 451 g/mol. The summed E-state index contributed by atoms with van der Waals surface area (Å²) in [5, 5.41) is 7.61. The van der Waals surface area contributed by atoms with Gasteiger partial charge in [0.05, 0.1) is 20.4 Å². The number of nitrogens with one attached hydrogen (secondary N) is 2. The van der Waals surface area contributed by atoms with Crippen LogP contribution in [-0.2, 0) is 0 Å². The number of hydrogen-bond acceptors (Lipinski definition) is 6. The molecule has 3 aromatic rings. The first-order valence-electron chi connectivity index (χ1n) is 9.91. The zero-order chi connectivity index (χ0) is 22.6. The SMILES string of the molecule is COc1ccccc1OCCOc1ccc(C=NNC(=S)Nc2ccccc2)cc1OC. The van der Waals surface area contributed by atoms with Crippen molar-refractivity contribution in [1.29, 1.82) is 0 Å². The van der Waals surface area contributed by atoms with Crippen LogP contribution >= 0.6 is 12.2 Å². The fraction of sp³-hybridized carbons (Fsp3) is 0.167. The molecule has 8 heteroatoms. The van der Waals surface area contributed by atoms with Gasteiger partial charge in [-0.2, -0.15) is 5.10 Å². The van der Waals surface area contributed by atoms with E-state index in [1.807, 2.05) is 72.8 Å². The van der Waals surface area contributed by atoms with Gasteiger partial charge in [0, 0.05) is 5.69 Å². The molecule has 2 N–H and O–H groups in total. The van der Waals surface area contributed by atoms with E-state index in [9.17, 15) is 0 Å². The second-order valence-electron chi connectivity index (χ2n) is 6.45. The lowest BCUT2D eigenvalue weighted by Gasteiger charge is -2.13. The molecule has 0 atom stereocenters. The van der Waals surface area contributed by atoms with E-state index in [0.717, 1.165) is 11.3 Å². The Kier molecular flexibility index (Phi) is 8.70. The normalized spacial score (nSPS) is 10.4. The predicted molar refractivity (Wildman–Crippen MR) is 130 cm³/mol. The standard InChI is InChI=1S/C24H25N3O4S/c1-28-20-10-6-7-11-21(20)30-14-15-31-22-13-12-18(16-23(22)29-2)17-25-27-24(32)26-19-8-4-3-5-9-19/h3-13,16-17H,14-15H2,1-2H3,(H2,26,27,32). The summed E-state index contributed by atoms with van der Waals surface area (Å²) in [5.41, 5.74) is 4.50. The molecule has 0 saturated carbocycles. The number of nitrogens with zero attached hydrogens (tertiary/aromatic N) is 1. The zero-order valence-electron chi connectivity index (χ0n) is 17.9. The number of hydrazone groups is 1. The van der Waals surface area contributed by atoms with Crippen molar-refractivity contribution in [2.45, 2.75) is 0 Å². The number of hydrogen-bond donors (Lipinski definition) is 2. The molecule has 7 nitrogen and oxygen atoms in total. The van der Waals surface area contributed by atoms with Gasteiger partial charge < -0.3 is 24.3 Å². The number of ether oxygens (including phenoxy) is 4. The van der Waals surface area contributed by atoms with E-state index in [1.54, 1.807) is 20.4 Å². The lowest BCUT2D eigenvalue weighted by molar-refractivity contribution is 0.206. The Labute approximate surface area is 193 Å². The van der Waals surface area contributed by atoms with Gasteiger partial charge in [0.2, 0.25) is 0 Å². The molecule has 0 aliphatic carbocycles. The molecule has 166 valence electrons. The zero-order valence-corrected chi connectivity index (χ0v) is 18.7. The molecule has 0 bridgehead atoms. The quantitative estimate of drug-likeness (QED) is 0.204. The van der Waals surface area contributed by atoms with Crippen LogP contribution in [0, 0.1) is 0 Å². The van der Waals surface area contributed by atoms with Gasteiger partial charge in [0.25, 0.3) is 0 Å². The van der Waals surface area contributed by atoms with Crippen molar-refractivity contribution in [3.8, 4) is 23.0 Å². The van der Waals surface area contributed by atoms with Gasteiger partial charge in [-0.3, -0.25) is 5.43 Å². The van der Waals surface area contributed by atoms with Crippen molar-refractivity contribution in [2.24, 2.45) is 5.10 Å². The molecule has 0 saturated heterocycles. The number of para-hydroxylation sites is 3. The smallest absolute Gasteiger partial charge is 0.191 e. The van der Waals surface area contributed by atoms with Gasteiger partial charge in [0.1, 0.15) is 13.2 Å². The summed E-state index contributed by atoms with van der Waals surface area (Å²) in [7, 11) is 3.20. The maximum atomic E-state index is 5.81. The van der Waals surface area contributed by atoms with E-state index >= 15 is 0 Å². The average molecular weight is 452 g/mol. The molecule has 32 heavy (non-hydrogen) atoms. The molecule has 0 fully saturated rings. The highest BCUT2D eigenvalue weighted by molar-refractivity contribution is 7.80. The van der Waals surface area contributed by atoms with Gasteiger partial charge in [-0.15, -0.1) is 0 Å². The van der Waals surface area contributed by atoms with Crippen molar-refractivity contribution in [1.82, 2.24) is 5.43 Å². The van der Waals surface area contributed by atoms with E-state index in [2.05, 4.69) is 15.8 Å². The lowest BCUT2D eigenvalue weighted by atomic mass is 10.2. The summed E-state index contributed by atoms with van der Waals surface area (Å²) in [4.78, 5) is 0. The minimum absolute atomic E-state index is 0.350. The highest BCUT2D eigenvalue weighted by Gasteiger charge is 2.07. The van der Waals surface area contributed by atoms with Crippen LogP contribution in [0.2, 0.25) is 0 Å². The number of rotatable bonds is 10. The van der Waals surface area contributed by atoms with Crippen LogP contribution in [0.4, 0.5) is 5.69 Å². The molecule has 0 aliphatic heterocycles. The summed E-state index contributed by atoms with van der Waals surface area (Å²) in [5.74, 6) is 2.56. The second kappa shape index (κ2) is 12.2. The minimum atomic E-state index is 0.350. The molecular weight excluding hydrogens is 426 g/mol.